The second-order valence-corrected chi connectivity index (χ2v) is 21.1. The van der Waals surface area contributed by atoms with E-state index in [9.17, 15) is 23.5 Å². The first-order valence-corrected chi connectivity index (χ1v) is 26.7. The molecule has 4 atom stereocenters. The summed E-state index contributed by atoms with van der Waals surface area (Å²) in [5, 5.41) is 15.9. The van der Waals surface area contributed by atoms with Crippen molar-refractivity contribution in [2.75, 3.05) is 56.7 Å². The molecular weight excluding hydrogens is 1040 g/mol. The van der Waals surface area contributed by atoms with Gasteiger partial charge in [0.1, 0.15) is 11.6 Å². The Balaban J connectivity index is 0.000000287. The van der Waals surface area contributed by atoms with E-state index in [1.165, 1.54) is 49.6 Å². The van der Waals surface area contributed by atoms with Crippen molar-refractivity contribution in [2.24, 2.45) is 11.5 Å². The van der Waals surface area contributed by atoms with Crippen LogP contribution in [0.1, 0.15) is 104 Å². The lowest BCUT2D eigenvalue weighted by Crippen LogP contribution is -2.50. The number of rotatable bonds is 28. The second kappa shape index (κ2) is 31.0. The lowest BCUT2D eigenvalue weighted by atomic mass is 9.90. The summed E-state index contributed by atoms with van der Waals surface area (Å²) >= 11 is 1.94. The van der Waals surface area contributed by atoms with Gasteiger partial charge in [-0.25, -0.2) is 18.6 Å². The second-order valence-electron chi connectivity index (χ2n) is 19.4. The van der Waals surface area contributed by atoms with Gasteiger partial charge in [0, 0.05) is 42.1 Å². The number of aliphatic hydroxyl groups excluding tert-OH is 1. The Labute approximate surface area is 466 Å². The van der Waals surface area contributed by atoms with Crippen LogP contribution >= 0.6 is 24.5 Å². The number of nitrogens with two attached hydrogens (primary N) is 2. The number of anilines is 2. The lowest BCUT2D eigenvalue weighted by Gasteiger charge is -2.28. The van der Waals surface area contributed by atoms with Crippen molar-refractivity contribution < 1.29 is 51.4 Å². The van der Waals surface area contributed by atoms with Crippen molar-refractivity contribution in [3.05, 3.63) is 201 Å². The predicted molar refractivity (Wildman–Crippen MR) is 306 cm³/mol. The van der Waals surface area contributed by atoms with Gasteiger partial charge in [-0.3, -0.25) is 18.2 Å². The molecule has 0 heterocycles. The molecule has 6 rings (SSSR count). The standard InChI is InChI=1S/C30H38FN3O4S.C29H36FN3O5S/c1-6-30(32,18-23-9-7-21(2)8-10-23)20-37-19-24-15-26(17-28(16-24)34(4)39-38-36-5)29(35)33-22(3)25-11-13-27(31)14-12-25;1-20-6-5-7-22(12-20)16-29(31,18-34)19-37-17-23-13-25(15-27(14-23)33(3)39-38-36-4)28(35)32-21(2)24-8-10-26(30)11-9-24/h7-17,22H,6,18-20,32H2,1-5H3,(H,33,35);5-15,21,34H,16-19,31H2,1-4H3,(H,32,35)/t22-,30?;21-,29?/m11/s1. The van der Waals surface area contributed by atoms with Crippen molar-refractivity contribution >= 4 is 47.6 Å². The maximum Gasteiger partial charge on any atom is 0.251 e. The molecule has 2 unspecified atom stereocenters. The number of hydrogen-bond donors (Lipinski definition) is 5. The average molecular weight is 1110 g/mol. The maximum absolute atomic E-state index is 13.3. The number of benzene rings is 6. The van der Waals surface area contributed by atoms with Crippen LogP contribution in [0.3, 0.4) is 0 Å². The van der Waals surface area contributed by atoms with E-state index in [-0.39, 0.29) is 62.0 Å². The van der Waals surface area contributed by atoms with Gasteiger partial charge in [-0.15, -0.1) is 8.67 Å². The summed E-state index contributed by atoms with van der Waals surface area (Å²) in [6.45, 7) is 10.5. The number of carbonyl (C=O) groups is 2. The van der Waals surface area contributed by atoms with Crippen molar-refractivity contribution in [2.45, 2.75) is 90.3 Å². The van der Waals surface area contributed by atoms with Crippen LogP contribution in [0.15, 0.2) is 133 Å². The van der Waals surface area contributed by atoms with E-state index in [4.69, 9.17) is 34.5 Å². The summed E-state index contributed by atoms with van der Waals surface area (Å²) in [6, 6.07) is 38.6. The molecule has 0 aliphatic rings. The van der Waals surface area contributed by atoms with E-state index in [1.807, 2.05) is 57.2 Å². The molecule has 15 nitrogen and oxygen atoms in total. The quantitative estimate of drug-likeness (QED) is 0.0135. The molecule has 7 N–H and O–H groups in total. The van der Waals surface area contributed by atoms with Gasteiger partial charge in [0.15, 0.2) is 24.5 Å². The molecule has 19 heteroatoms. The minimum atomic E-state index is -0.963. The Morgan fingerprint density at radius 3 is 1.47 bits per heavy atom. The van der Waals surface area contributed by atoms with Crippen molar-refractivity contribution in [1.29, 1.82) is 0 Å². The van der Waals surface area contributed by atoms with E-state index in [1.54, 1.807) is 71.2 Å². The third-order valence-electron chi connectivity index (χ3n) is 12.7. The molecule has 0 bridgehead atoms. The Kier molecular flexibility index (Phi) is 25.0. The van der Waals surface area contributed by atoms with Gasteiger partial charge in [-0.05, 0) is 141 Å². The first-order valence-electron chi connectivity index (χ1n) is 25.3. The van der Waals surface area contributed by atoms with E-state index in [0.717, 1.165) is 69.9 Å². The fourth-order valence-electron chi connectivity index (χ4n) is 8.12. The van der Waals surface area contributed by atoms with Crippen LogP contribution in [0.25, 0.3) is 0 Å². The first-order chi connectivity index (χ1) is 37.2. The summed E-state index contributed by atoms with van der Waals surface area (Å²) in [5.74, 6) is -1.22. The fraction of sp³-hybridized carbons (Fsp3) is 0.356. The summed E-state index contributed by atoms with van der Waals surface area (Å²) in [4.78, 5) is 35.8. The van der Waals surface area contributed by atoms with Gasteiger partial charge in [-0.1, -0.05) is 90.8 Å². The number of nitrogens with zero attached hydrogens (tertiary/aromatic N) is 2. The molecule has 2 amide bonds. The zero-order valence-corrected chi connectivity index (χ0v) is 47.5. The highest BCUT2D eigenvalue weighted by molar-refractivity contribution is 7.96. The predicted octanol–water partition coefficient (Wildman–Crippen LogP) is 10.7. The molecule has 6 aromatic carbocycles. The van der Waals surface area contributed by atoms with Crippen molar-refractivity contribution in [1.82, 2.24) is 10.6 Å². The van der Waals surface area contributed by atoms with Crippen LogP contribution in [-0.4, -0.2) is 76.1 Å². The van der Waals surface area contributed by atoms with Gasteiger partial charge >= 0.3 is 0 Å². The lowest BCUT2D eigenvalue weighted by molar-refractivity contribution is -0.160. The third-order valence-corrected chi connectivity index (χ3v) is 14.0. The van der Waals surface area contributed by atoms with E-state index in [2.05, 4.69) is 53.6 Å². The third kappa shape index (κ3) is 20.4. The molecule has 420 valence electrons. The summed E-state index contributed by atoms with van der Waals surface area (Å²) in [6.07, 6.45) is 1.91. The number of hydrogen-bond acceptors (Lipinski definition) is 15. The minimum absolute atomic E-state index is 0.113. The molecular formula is C59H74F2N6O9S2. The van der Waals surface area contributed by atoms with Crippen LogP contribution in [0, 0.1) is 25.5 Å². The van der Waals surface area contributed by atoms with Crippen LogP contribution in [-0.2, 0) is 54.0 Å². The number of nitrogens with one attached hydrogen (secondary N) is 2. The highest BCUT2D eigenvalue weighted by Gasteiger charge is 2.27. The van der Waals surface area contributed by atoms with Crippen molar-refractivity contribution in [3.8, 4) is 0 Å². The Morgan fingerprint density at radius 2 is 1.05 bits per heavy atom. The SMILES string of the molecule is CCC(N)(COCc1cc(C(=O)N[C@H](C)c2ccc(F)cc2)cc(N(C)SOOC)c1)Cc1ccc(C)cc1.COOSN(C)c1cc(COCC(N)(CO)Cc2cccc(C)c2)cc(C(=O)N[C@H](C)c2ccc(F)cc2)c1. The molecule has 0 spiro atoms. The number of aliphatic hydroxyl groups is 1. The number of halogens is 2. The van der Waals surface area contributed by atoms with Gasteiger partial charge in [0.05, 0.1) is 64.9 Å². The highest BCUT2D eigenvalue weighted by atomic mass is 32.2. The smallest absolute Gasteiger partial charge is 0.251 e. The highest BCUT2D eigenvalue weighted by Crippen LogP contribution is 2.28. The summed E-state index contributed by atoms with van der Waals surface area (Å²) in [7, 11) is 6.39. The molecule has 6 aromatic rings. The Morgan fingerprint density at radius 1 is 0.603 bits per heavy atom. The number of aryl methyl sites for hydroxylation is 2. The van der Waals surface area contributed by atoms with Gasteiger partial charge < -0.3 is 36.7 Å². The molecule has 0 aliphatic heterocycles. The minimum Gasteiger partial charge on any atom is -0.394 e. The van der Waals surface area contributed by atoms with E-state index >= 15 is 0 Å². The maximum atomic E-state index is 13.3. The largest absolute Gasteiger partial charge is 0.394 e. The average Bonchev–Trinajstić information content (AvgIpc) is 3.46. The normalized spacial score (nSPS) is 13.5. The molecule has 0 saturated heterocycles. The molecule has 0 aliphatic carbocycles. The van der Waals surface area contributed by atoms with Gasteiger partial charge in [0.25, 0.3) is 11.8 Å². The van der Waals surface area contributed by atoms with Crippen LogP contribution in [0.4, 0.5) is 20.2 Å². The Hall–Kier alpha value is -5.94. The first kappa shape index (κ1) is 62.9. The molecule has 0 saturated carbocycles. The number of ether oxygens (including phenoxy) is 2. The zero-order valence-electron chi connectivity index (χ0n) is 45.8. The molecule has 0 aromatic heterocycles. The van der Waals surface area contributed by atoms with Crippen LogP contribution < -0.4 is 30.7 Å². The fourth-order valence-corrected chi connectivity index (χ4v) is 8.81. The topological polar surface area (TPSA) is 192 Å². The summed E-state index contributed by atoms with van der Waals surface area (Å²) < 4.78 is 52.1. The van der Waals surface area contributed by atoms with Crippen LogP contribution in [0.2, 0.25) is 0 Å². The monoisotopic (exact) mass is 1110 g/mol. The molecule has 0 fully saturated rings. The number of amides is 2. The van der Waals surface area contributed by atoms with Crippen LogP contribution in [0.5, 0.6) is 0 Å². The summed E-state index contributed by atoms with van der Waals surface area (Å²) in [5.41, 5.74) is 21.6. The van der Waals surface area contributed by atoms with Gasteiger partial charge in [0.2, 0.25) is 0 Å². The van der Waals surface area contributed by atoms with E-state index in [0.29, 0.717) is 36.3 Å². The molecule has 78 heavy (non-hydrogen) atoms. The van der Waals surface area contributed by atoms with Gasteiger partial charge in [-0.2, -0.15) is 0 Å². The van der Waals surface area contributed by atoms with Crippen molar-refractivity contribution in [3.63, 3.8) is 0 Å². The number of carbonyl (C=O) groups excluding carboxylic acids is 2. The Bertz CT molecular complexity index is 2820. The zero-order chi connectivity index (χ0) is 56.8. The molecule has 0 radical (unpaired) electrons. The van der Waals surface area contributed by atoms with E-state index < -0.39 is 11.1 Å².